The van der Waals surface area contributed by atoms with Crippen LogP contribution in [-0.2, 0) is 4.79 Å². The highest BCUT2D eigenvalue weighted by Gasteiger charge is 2.25. The predicted molar refractivity (Wildman–Crippen MR) is 78.2 cm³/mol. The van der Waals surface area contributed by atoms with Crippen LogP contribution in [0.5, 0.6) is 0 Å². The summed E-state index contributed by atoms with van der Waals surface area (Å²) in [5.41, 5.74) is 0.247. The molecule has 110 valence electrons. The lowest BCUT2D eigenvalue weighted by atomic mass is 10.2. The van der Waals surface area contributed by atoms with Crippen molar-refractivity contribution in [3.8, 4) is 0 Å². The molecule has 1 aliphatic rings. The van der Waals surface area contributed by atoms with Crippen molar-refractivity contribution >= 4 is 11.6 Å². The van der Waals surface area contributed by atoms with Gasteiger partial charge in [0.05, 0.1) is 11.7 Å². The highest BCUT2D eigenvalue weighted by atomic mass is 19.1. The molecule has 0 bridgehead atoms. The molecule has 1 amide bonds. The number of nitrogens with zero attached hydrogens (tertiary/aromatic N) is 2. The zero-order valence-electron chi connectivity index (χ0n) is 12.1. The van der Waals surface area contributed by atoms with Gasteiger partial charge in [-0.2, -0.15) is 0 Å². The van der Waals surface area contributed by atoms with Crippen LogP contribution in [0, 0.1) is 5.82 Å². The number of hydrogen-bond donors (Lipinski definition) is 1. The summed E-state index contributed by atoms with van der Waals surface area (Å²) in [6.07, 6.45) is 0. The number of carbonyl (C=O) groups excluding carboxylic acids is 1. The number of halogens is 1. The average Bonchev–Trinajstić information content (AvgIpc) is 2.49. The molecule has 1 aliphatic heterocycles. The van der Waals surface area contributed by atoms with Crippen molar-refractivity contribution in [2.75, 3.05) is 38.0 Å². The largest absolute Gasteiger partial charge is 0.322 e. The molecule has 0 aromatic heterocycles. The molecule has 1 saturated heterocycles. The summed E-state index contributed by atoms with van der Waals surface area (Å²) in [6.45, 7) is 8.77. The summed E-state index contributed by atoms with van der Waals surface area (Å²) in [4.78, 5) is 16.7. The van der Waals surface area contributed by atoms with E-state index < -0.39 is 5.82 Å². The Labute approximate surface area is 119 Å². The van der Waals surface area contributed by atoms with E-state index in [2.05, 4.69) is 22.0 Å². The SMILES string of the molecule is CCN1CCN([C@@H](C)C(=O)Nc2ccccc2F)CC1. The smallest absolute Gasteiger partial charge is 0.241 e. The standard InChI is InChI=1S/C15H22FN3O/c1-3-18-8-10-19(11-9-18)12(2)15(20)17-14-7-5-4-6-13(14)16/h4-7,12H,3,8-11H2,1-2H3,(H,17,20)/t12-/m0/s1. The zero-order valence-corrected chi connectivity index (χ0v) is 12.1. The fourth-order valence-electron chi connectivity index (χ4n) is 2.43. The number of para-hydroxylation sites is 1. The van der Waals surface area contributed by atoms with Crippen LogP contribution in [0.25, 0.3) is 0 Å². The summed E-state index contributed by atoms with van der Waals surface area (Å²) in [5.74, 6) is -0.552. The third-order valence-corrected chi connectivity index (χ3v) is 3.91. The normalized spacial score (nSPS) is 18.8. The summed E-state index contributed by atoms with van der Waals surface area (Å²) in [7, 11) is 0. The van der Waals surface area contributed by atoms with E-state index in [9.17, 15) is 9.18 Å². The van der Waals surface area contributed by atoms with Gasteiger partial charge in [-0.15, -0.1) is 0 Å². The molecule has 0 spiro atoms. The van der Waals surface area contributed by atoms with Crippen LogP contribution in [0.15, 0.2) is 24.3 Å². The van der Waals surface area contributed by atoms with Gasteiger partial charge < -0.3 is 10.2 Å². The summed E-state index contributed by atoms with van der Waals surface area (Å²) in [6, 6.07) is 6.01. The van der Waals surface area contributed by atoms with Crippen LogP contribution >= 0.6 is 0 Å². The summed E-state index contributed by atoms with van der Waals surface area (Å²) >= 11 is 0. The Balaban J connectivity index is 1.91. The molecule has 5 heteroatoms. The monoisotopic (exact) mass is 279 g/mol. The molecular formula is C15H22FN3O. The van der Waals surface area contributed by atoms with Crippen molar-refractivity contribution in [1.29, 1.82) is 0 Å². The molecule has 2 rings (SSSR count). The van der Waals surface area contributed by atoms with Crippen molar-refractivity contribution in [2.24, 2.45) is 0 Å². The molecule has 1 aromatic rings. The second-order valence-electron chi connectivity index (χ2n) is 5.12. The Kier molecular flexibility index (Phi) is 5.09. The molecule has 1 aromatic carbocycles. The molecule has 1 N–H and O–H groups in total. The molecule has 20 heavy (non-hydrogen) atoms. The molecular weight excluding hydrogens is 257 g/mol. The van der Waals surface area contributed by atoms with E-state index in [-0.39, 0.29) is 17.6 Å². The minimum atomic E-state index is -0.399. The molecule has 4 nitrogen and oxygen atoms in total. The predicted octanol–water partition coefficient (Wildman–Crippen LogP) is 1.79. The number of amides is 1. The van der Waals surface area contributed by atoms with Gasteiger partial charge in [0.2, 0.25) is 5.91 Å². The first-order valence-electron chi connectivity index (χ1n) is 7.13. The van der Waals surface area contributed by atoms with Gasteiger partial charge >= 0.3 is 0 Å². The Hall–Kier alpha value is -1.46. The lowest BCUT2D eigenvalue weighted by Gasteiger charge is -2.36. The quantitative estimate of drug-likeness (QED) is 0.912. The molecule has 0 radical (unpaired) electrons. The van der Waals surface area contributed by atoms with Crippen LogP contribution < -0.4 is 5.32 Å². The first kappa shape index (κ1) is 14.9. The molecule has 1 heterocycles. The third kappa shape index (κ3) is 3.55. The number of benzene rings is 1. The van der Waals surface area contributed by atoms with Gasteiger partial charge in [0.1, 0.15) is 5.82 Å². The van der Waals surface area contributed by atoms with Crippen LogP contribution in [0.3, 0.4) is 0 Å². The number of rotatable bonds is 4. The van der Waals surface area contributed by atoms with Gasteiger partial charge in [0, 0.05) is 26.2 Å². The Bertz CT molecular complexity index is 458. The number of hydrogen-bond acceptors (Lipinski definition) is 3. The maximum Gasteiger partial charge on any atom is 0.241 e. The fraction of sp³-hybridized carbons (Fsp3) is 0.533. The van der Waals surface area contributed by atoms with Crippen LogP contribution in [0.2, 0.25) is 0 Å². The van der Waals surface area contributed by atoms with Gasteiger partial charge in [0.15, 0.2) is 0 Å². The van der Waals surface area contributed by atoms with E-state index in [1.807, 2.05) is 6.92 Å². The lowest BCUT2D eigenvalue weighted by Crippen LogP contribution is -2.52. The Morgan fingerprint density at radius 2 is 1.95 bits per heavy atom. The second-order valence-corrected chi connectivity index (χ2v) is 5.12. The van der Waals surface area contributed by atoms with E-state index >= 15 is 0 Å². The van der Waals surface area contributed by atoms with Gasteiger partial charge in [-0.3, -0.25) is 9.69 Å². The van der Waals surface area contributed by atoms with E-state index in [0.29, 0.717) is 0 Å². The number of piperazine rings is 1. The number of likely N-dealkylation sites (N-methyl/N-ethyl adjacent to an activating group) is 1. The highest BCUT2D eigenvalue weighted by Crippen LogP contribution is 2.14. The number of carbonyl (C=O) groups is 1. The maximum absolute atomic E-state index is 13.5. The number of nitrogens with one attached hydrogen (secondary N) is 1. The van der Waals surface area contributed by atoms with Crippen molar-refractivity contribution < 1.29 is 9.18 Å². The van der Waals surface area contributed by atoms with Gasteiger partial charge in [-0.1, -0.05) is 19.1 Å². The van der Waals surface area contributed by atoms with Crippen molar-refractivity contribution in [3.63, 3.8) is 0 Å². The first-order valence-corrected chi connectivity index (χ1v) is 7.13. The minimum Gasteiger partial charge on any atom is -0.322 e. The Morgan fingerprint density at radius 3 is 2.55 bits per heavy atom. The van der Waals surface area contributed by atoms with Crippen molar-refractivity contribution in [2.45, 2.75) is 19.9 Å². The molecule has 0 saturated carbocycles. The second kappa shape index (κ2) is 6.81. The molecule has 0 unspecified atom stereocenters. The van der Waals surface area contributed by atoms with E-state index in [1.165, 1.54) is 6.07 Å². The molecule has 1 fully saturated rings. The van der Waals surface area contributed by atoms with Gasteiger partial charge in [-0.05, 0) is 25.6 Å². The average molecular weight is 279 g/mol. The van der Waals surface area contributed by atoms with E-state index in [1.54, 1.807) is 18.2 Å². The van der Waals surface area contributed by atoms with Crippen molar-refractivity contribution in [3.05, 3.63) is 30.1 Å². The van der Waals surface area contributed by atoms with Gasteiger partial charge in [0.25, 0.3) is 0 Å². The summed E-state index contributed by atoms with van der Waals surface area (Å²) in [5, 5.41) is 2.66. The maximum atomic E-state index is 13.5. The Morgan fingerprint density at radius 1 is 1.30 bits per heavy atom. The van der Waals surface area contributed by atoms with Crippen LogP contribution in [0.1, 0.15) is 13.8 Å². The van der Waals surface area contributed by atoms with Crippen LogP contribution in [0.4, 0.5) is 10.1 Å². The molecule has 1 atom stereocenters. The topological polar surface area (TPSA) is 35.6 Å². The van der Waals surface area contributed by atoms with E-state index in [4.69, 9.17) is 0 Å². The van der Waals surface area contributed by atoms with Crippen molar-refractivity contribution in [1.82, 2.24) is 9.80 Å². The van der Waals surface area contributed by atoms with E-state index in [0.717, 1.165) is 32.7 Å². The number of anilines is 1. The lowest BCUT2D eigenvalue weighted by molar-refractivity contribution is -0.121. The van der Waals surface area contributed by atoms with Crippen LogP contribution in [-0.4, -0.2) is 54.5 Å². The third-order valence-electron chi connectivity index (χ3n) is 3.91. The van der Waals surface area contributed by atoms with Gasteiger partial charge in [-0.25, -0.2) is 4.39 Å². The fourth-order valence-corrected chi connectivity index (χ4v) is 2.43. The zero-order chi connectivity index (χ0) is 14.5. The molecule has 0 aliphatic carbocycles. The highest BCUT2D eigenvalue weighted by molar-refractivity contribution is 5.94. The summed E-state index contributed by atoms with van der Waals surface area (Å²) < 4.78 is 13.5. The first-order chi connectivity index (χ1) is 9.61. The minimum absolute atomic E-state index is 0.153.